The van der Waals surface area contributed by atoms with Crippen LogP contribution in [0.4, 0.5) is 5.69 Å². The van der Waals surface area contributed by atoms with Crippen LogP contribution in [0.3, 0.4) is 0 Å². The van der Waals surface area contributed by atoms with Crippen molar-refractivity contribution >= 4 is 5.69 Å². The van der Waals surface area contributed by atoms with Gasteiger partial charge in [0.05, 0.1) is 64.4 Å². The van der Waals surface area contributed by atoms with Gasteiger partial charge in [0.1, 0.15) is 12.4 Å². The first-order chi connectivity index (χ1) is 18.2. The second-order valence-corrected chi connectivity index (χ2v) is 8.84. The van der Waals surface area contributed by atoms with Crippen LogP contribution in [-0.4, -0.2) is 77.6 Å². The lowest BCUT2D eigenvalue weighted by molar-refractivity contribution is -0.384. The number of hydrogen-bond donors (Lipinski definition) is 0. The Balaban J connectivity index is 1.69. The highest BCUT2D eigenvalue weighted by Gasteiger charge is 2.04. The minimum Gasteiger partial charge on any atom is -0.491 e. The first kappa shape index (κ1) is 33.2. The van der Waals surface area contributed by atoms with Gasteiger partial charge in [-0.1, -0.05) is 64.7 Å². The molecule has 0 radical (unpaired) electrons. The van der Waals surface area contributed by atoms with E-state index in [1.54, 1.807) is 12.1 Å². The number of hydrogen-bond acceptors (Lipinski definition) is 8. The highest BCUT2D eigenvalue weighted by atomic mass is 16.6. The number of ether oxygens (including phenoxy) is 6. The summed E-state index contributed by atoms with van der Waals surface area (Å²) in [5, 5.41) is 10.6. The molecule has 9 heteroatoms. The molecule has 0 aliphatic carbocycles. The SMILES string of the molecule is CCCCCCCCCCCCOCCOCCOCCOCCOCCOc1ccc([N+](=O)[O-])cc1. The maximum atomic E-state index is 10.6. The number of benzene rings is 1. The van der Waals surface area contributed by atoms with Gasteiger partial charge in [-0.25, -0.2) is 0 Å². The molecule has 0 heterocycles. The molecule has 214 valence electrons. The number of non-ortho nitro benzene ring substituents is 1. The van der Waals surface area contributed by atoms with Gasteiger partial charge in [0, 0.05) is 18.7 Å². The Bertz CT molecular complexity index is 629. The predicted octanol–water partition coefficient (Wildman–Crippen LogP) is 5.98. The lowest BCUT2D eigenvalue weighted by Crippen LogP contribution is -2.14. The van der Waals surface area contributed by atoms with Crippen molar-refractivity contribution in [2.45, 2.75) is 71.1 Å². The van der Waals surface area contributed by atoms with Crippen LogP contribution in [0.2, 0.25) is 0 Å². The van der Waals surface area contributed by atoms with Crippen molar-refractivity contribution in [3.05, 3.63) is 34.4 Å². The van der Waals surface area contributed by atoms with E-state index in [4.69, 9.17) is 28.4 Å². The van der Waals surface area contributed by atoms with E-state index in [0.29, 0.717) is 71.8 Å². The van der Waals surface area contributed by atoms with Gasteiger partial charge in [-0.3, -0.25) is 10.1 Å². The van der Waals surface area contributed by atoms with Crippen LogP contribution in [0.1, 0.15) is 71.1 Å². The van der Waals surface area contributed by atoms with E-state index < -0.39 is 4.92 Å². The highest BCUT2D eigenvalue weighted by molar-refractivity contribution is 5.35. The topological polar surface area (TPSA) is 98.5 Å². The smallest absolute Gasteiger partial charge is 0.269 e. The summed E-state index contributed by atoms with van der Waals surface area (Å²) in [5.74, 6) is 0.573. The van der Waals surface area contributed by atoms with E-state index >= 15 is 0 Å². The Morgan fingerprint density at radius 2 is 0.919 bits per heavy atom. The third kappa shape index (κ3) is 22.0. The summed E-state index contributed by atoms with van der Waals surface area (Å²) >= 11 is 0. The Morgan fingerprint density at radius 1 is 0.541 bits per heavy atom. The van der Waals surface area contributed by atoms with Gasteiger partial charge in [-0.2, -0.15) is 0 Å². The Hall–Kier alpha value is -1.78. The zero-order chi connectivity index (χ0) is 26.7. The molecule has 0 aliphatic heterocycles. The third-order valence-corrected chi connectivity index (χ3v) is 5.67. The number of nitro groups is 1. The van der Waals surface area contributed by atoms with Crippen LogP contribution in [0.25, 0.3) is 0 Å². The second kappa shape index (κ2) is 25.9. The van der Waals surface area contributed by atoms with Crippen molar-refractivity contribution in [1.29, 1.82) is 0 Å². The standard InChI is InChI=1S/C28H49NO8/c1-2-3-4-5-6-7-8-9-10-11-16-32-17-18-33-19-20-34-21-22-35-23-24-36-25-26-37-28-14-12-27(13-15-28)29(30)31/h12-15H,2-11,16-26H2,1H3. The van der Waals surface area contributed by atoms with E-state index in [9.17, 15) is 10.1 Å². The fourth-order valence-corrected chi connectivity index (χ4v) is 3.56. The summed E-state index contributed by atoms with van der Waals surface area (Å²) in [5.41, 5.74) is 0.0388. The average molecular weight is 528 g/mol. The molecule has 37 heavy (non-hydrogen) atoms. The zero-order valence-electron chi connectivity index (χ0n) is 22.9. The first-order valence-electron chi connectivity index (χ1n) is 14.0. The number of rotatable bonds is 28. The predicted molar refractivity (Wildman–Crippen MR) is 145 cm³/mol. The summed E-state index contributed by atoms with van der Waals surface area (Å²) in [6.45, 7) is 8.16. The molecule has 0 fully saturated rings. The fourth-order valence-electron chi connectivity index (χ4n) is 3.56. The molecule has 1 aromatic carbocycles. The quantitative estimate of drug-likeness (QED) is 0.0746. The number of nitrogens with zero attached hydrogens (tertiary/aromatic N) is 1. The Labute approximate surface area is 223 Å². The van der Waals surface area contributed by atoms with E-state index in [2.05, 4.69) is 6.92 Å². The van der Waals surface area contributed by atoms with Crippen molar-refractivity contribution in [3.8, 4) is 5.75 Å². The molecule has 0 saturated carbocycles. The molecule has 0 amide bonds. The molecule has 1 rings (SSSR count). The molecular formula is C28H49NO8. The Morgan fingerprint density at radius 3 is 1.35 bits per heavy atom. The van der Waals surface area contributed by atoms with Gasteiger partial charge in [0.15, 0.2) is 0 Å². The second-order valence-electron chi connectivity index (χ2n) is 8.84. The molecule has 0 bridgehead atoms. The van der Waals surface area contributed by atoms with Gasteiger partial charge >= 0.3 is 0 Å². The van der Waals surface area contributed by atoms with Crippen molar-refractivity contribution in [2.75, 3.05) is 72.7 Å². The molecule has 0 aliphatic rings. The molecule has 0 spiro atoms. The third-order valence-electron chi connectivity index (χ3n) is 5.67. The lowest BCUT2D eigenvalue weighted by Gasteiger charge is -2.08. The molecule has 0 N–H and O–H groups in total. The zero-order valence-corrected chi connectivity index (χ0v) is 22.9. The van der Waals surface area contributed by atoms with Gasteiger partial charge in [-0.05, 0) is 18.6 Å². The summed E-state index contributed by atoms with van der Waals surface area (Å²) < 4.78 is 33.0. The maximum Gasteiger partial charge on any atom is 0.269 e. The summed E-state index contributed by atoms with van der Waals surface area (Å²) in [4.78, 5) is 10.2. The van der Waals surface area contributed by atoms with Crippen molar-refractivity contribution < 1.29 is 33.3 Å². The van der Waals surface area contributed by atoms with Crippen molar-refractivity contribution in [3.63, 3.8) is 0 Å². The van der Waals surface area contributed by atoms with Crippen LogP contribution in [0.15, 0.2) is 24.3 Å². The maximum absolute atomic E-state index is 10.6. The largest absolute Gasteiger partial charge is 0.491 e. The number of unbranched alkanes of at least 4 members (excludes halogenated alkanes) is 9. The van der Waals surface area contributed by atoms with Gasteiger partial charge in [-0.15, -0.1) is 0 Å². The molecule has 0 atom stereocenters. The van der Waals surface area contributed by atoms with Crippen molar-refractivity contribution in [2.24, 2.45) is 0 Å². The van der Waals surface area contributed by atoms with Crippen LogP contribution in [0.5, 0.6) is 5.75 Å². The molecule has 9 nitrogen and oxygen atoms in total. The molecule has 1 aromatic rings. The summed E-state index contributed by atoms with van der Waals surface area (Å²) in [6.07, 6.45) is 13.4. The van der Waals surface area contributed by atoms with Crippen molar-refractivity contribution in [1.82, 2.24) is 0 Å². The van der Waals surface area contributed by atoms with Gasteiger partial charge in [0.25, 0.3) is 5.69 Å². The fraction of sp³-hybridized carbons (Fsp3) is 0.786. The average Bonchev–Trinajstić information content (AvgIpc) is 2.91. The molecule has 0 unspecified atom stereocenters. The monoisotopic (exact) mass is 527 g/mol. The van der Waals surface area contributed by atoms with Gasteiger partial charge in [0.2, 0.25) is 0 Å². The lowest BCUT2D eigenvalue weighted by atomic mass is 10.1. The summed E-state index contributed by atoms with van der Waals surface area (Å²) in [7, 11) is 0. The number of nitro benzene ring substituents is 1. The minimum atomic E-state index is -0.442. The molecule has 0 saturated heterocycles. The summed E-state index contributed by atoms with van der Waals surface area (Å²) in [6, 6.07) is 5.96. The Kier molecular flexibility index (Phi) is 23.2. The van der Waals surface area contributed by atoms with E-state index in [1.807, 2.05) is 0 Å². The van der Waals surface area contributed by atoms with Crippen LogP contribution in [0, 0.1) is 10.1 Å². The van der Waals surface area contributed by atoms with E-state index in [0.717, 1.165) is 13.0 Å². The van der Waals surface area contributed by atoms with Crippen LogP contribution >= 0.6 is 0 Å². The normalized spacial score (nSPS) is 11.2. The van der Waals surface area contributed by atoms with E-state index in [1.165, 1.54) is 69.9 Å². The molecule has 0 aromatic heterocycles. The first-order valence-corrected chi connectivity index (χ1v) is 14.0. The highest BCUT2D eigenvalue weighted by Crippen LogP contribution is 2.17. The van der Waals surface area contributed by atoms with Gasteiger partial charge < -0.3 is 28.4 Å². The van der Waals surface area contributed by atoms with Crippen LogP contribution in [-0.2, 0) is 23.7 Å². The van der Waals surface area contributed by atoms with Crippen LogP contribution < -0.4 is 4.74 Å². The molecular weight excluding hydrogens is 478 g/mol. The minimum absolute atomic E-state index is 0.0388. The van der Waals surface area contributed by atoms with E-state index in [-0.39, 0.29) is 5.69 Å².